The molecule has 0 aliphatic carbocycles. The highest BCUT2D eigenvalue weighted by Crippen LogP contribution is 2.17. The molecule has 0 bridgehead atoms. The van der Waals surface area contributed by atoms with Gasteiger partial charge in [-0.25, -0.2) is 9.97 Å². The number of aromatic nitrogens is 3. The third kappa shape index (κ3) is 3.71. The average Bonchev–Trinajstić information content (AvgIpc) is 2.61. The maximum absolute atomic E-state index is 5.16. The predicted octanol–water partition coefficient (Wildman–Crippen LogP) is 1.24. The molecule has 1 aliphatic heterocycles. The van der Waals surface area contributed by atoms with Gasteiger partial charge < -0.3 is 9.64 Å². The molecule has 0 amide bonds. The maximum atomic E-state index is 5.16. The highest BCUT2D eigenvalue weighted by Gasteiger charge is 2.18. The van der Waals surface area contributed by atoms with Gasteiger partial charge in [-0.3, -0.25) is 9.88 Å². The first-order valence-electron chi connectivity index (χ1n) is 7.57. The van der Waals surface area contributed by atoms with E-state index in [0.717, 1.165) is 45.0 Å². The van der Waals surface area contributed by atoms with Gasteiger partial charge in [0, 0.05) is 51.2 Å². The number of hydrogen-bond donors (Lipinski definition) is 0. The van der Waals surface area contributed by atoms with Gasteiger partial charge in [0.05, 0.1) is 7.11 Å². The van der Waals surface area contributed by atoms with Gasteiger partial charge in [-0.05, 0) is 18.1 Å². The zero-order valence-electron chi connectivity index (χ0n) is 12.9. The molecule has 3 rings (SSSR count). The summed E-state index contributed by atoms with van der Waals surface area (Å²) in [6.07, 6.45) is 6.37. The Balaban J connectivity index is 1.49. The first-order chi connectivity index (χ1) is 10.8. The van der Waals surface area contributed by atoms with Crippen LogP contribution in [-0.4, -0.2) is 59.7 Å². The van der Waals surface area contributed by atoms with Crippen LogP contribution in [0.2, 0.25) is 0 Å². The third-order valence-electron chi connectivity index (χ3n) is 3.97. The van der Waals surface area contributed by atoms with E-state index in [-0.39, 0.29) is 0 Å². The van der Waals surface area contributed by atoms with Crippen LogP contribution in [0.25, 0.3) is 0 Å². The topological polar surface area (TPSA) is 54.4 Å². The molecule has 0 N–H and O–H groups in total. The van der Waals surface area contributed by atoms with Crippen LogP contribution in [0.15, 0.2) is 36.9 Å². The molecular weight excluding hydrogens is 278 g/mol. The van der Waals surface area contributed by atoms with Crippen molar-refractivity contribution in [2.75, 3.05) is 44.7 Å². The van der Waals surface area contributed by atoms with Crippen LogP contribution in [0.1, 0.15) is 5.56 Å². The molecule has 0 saturated carbocycles. The van der Waals surface area contributed by atoms with Gasteiger partial charge in [-0.2, -0.15) is 0 Å². The van der Waals surface area contributed by atoms with Crippen molar-refractivity contribution in [3.63, 3.8) is 0 Å². The van der Waals surface area contributed by atoms with E-state index < -0.39 is 0 Å². The van der Waals surface area contributed by atoms with E-state index in [4.69, 9.17) is 4.74 Å². The monoisotopic (exact) mass is 299 g/mol. The van der Waals surface area contributed by atoms with Crippen LogP contribution in [-0.2, 0) is 6.42 Å². The Labute approximate surface area is 130 Å². The highest BCUT2D eigenvalue weighted by atomic mass is 16.5. The van der Waals surface area contributed by atoms with E-state index >= 15 is 0 Å². The zero-order chi connectivity index (χ0) is 15.2. The number of ether oxygens (including phenoxy) is 1. The molecule has 1 saturated heterocycles. The average molecular weight is 299 g/mol. The molecule has 0 atom stereocenters. The minimum Gasteiger partial charge on any atom is -0.481 e. The lowest BCUT2D eigenvalue weighted by Crippen LogP contribution is -2.47. The summed E-state index contributed by atoms with van der Waals surface area (Å²) in [5.41, 5.74) is 1.30. The highest BCUT2D eigenvalue weighted by molar-refractivity contribution is 5.41. The quantitative estimate of drug-likeness (QED) is 0.828. The molecule has 6 heteroatoms. The molecule has 1 fully saturated rings. The number of rotatable bonds is 5. The van der Waals surface area contributed by atoms with Crippen LogP contribution < -0.4 is 9.64 Å². The lowest BCUT2D eigenvalue weighted by Gasteiger charge is -2.35. The fourth-order valence-corrected chi connectivity index (χ4v) is 2.65. The summed E-state index contributed by atoms with van der Waals surface area (Å²) in [6.45, 7) is 5.13. The number of pyridine rings is 1. The maximum Gasteiger partial charge on any atom is 0.218 e. The second-order valence-corrected chi connectivity index (χ2v) is 5.36. The van der Waals surface area contributed by atoms with Crippen molar-refractivity contribution < 1.29 is 4.74 Å². The summed E-state index contributed by atoms with van der Waals surface area (Å²) < 4.78 is 5.16. The van der Waals surface area contributed by atoms with Crippen molar-refractivity contribution in [3.8, 4) is 5.88 Å². The third-order valence-corrected chi connectivity index (χ3v) is 3.97. The Bertz CT molecular complexity index is 584. The largest absolute Gasteiger partial charge is 0.481 e. The summed E-state index contributed by atoms with van der Waals surface area (Å²) in [5.74, 6) is 1.56. The molecule has 1 aliphatic rings. The van der Waals surface area contributed by atoms with Gasteiger partial charge in [0.15, 0.2) is 0 Å². The summed E-state index contributed by atoms with van der Waals surface area (Å²) in [6, 6.07) is 6.03. The Kier molecular flexibility index (Phi) is 4.80. The Hall–Kier alpha value is -2.21. The number of nitrogens with zero attached hydrogens (tertiary/aromatic N) is 5. The van der Waals surface area contributed by atoms with Crippen molar-refractivity contribution in [2.45, 2.75) is 6.42 Å². The van der Waals surface area contributed by atoms with Crippen molar-refractivity contribution in [3.05, 3.63) is 42.5 Å². The van der Waals surface area contributed by atoms with E-state index in [9.17, 15) is 0 Å². The molecule has 0 radical (unpaired) electrons. The minimum absolute atomic E-state index is 0.615. The van der Waals surface area contributed by atoms with Crippen molar-refractivity contribution in [1.29, 1.82) is 0 Å². The summed E-state index contributed by atoms with van der Waals surface area (Å²) in [5, 5.41) is 0. The molecule has 116 valence electrons. The molecule has 0 aromatic carbocycles. The Morgan fingerprint density at radius 3 is 2.77 bits per heavy atom. The summed E-state index contributed by atoms with van der Waals surface area (Å²) in [4.78, 5) is 17.3. The van der Waals surface area contributed by atoms with Crippen molar-refractivity contribution >= 4 is 5.82 Å². The minimum atomic E-state index is 0.615. The lowest BCUT2D eigenvalue weighted by molar-refractivity contribution is 0.260. The van der Waals surface area contributed by atoms with E-state index in [0.29, 0.717) is 5.88 Å². The van der Waals surface area contributed by atoms with Gasteiger partial charge in [0.2, 0.25) is 5.88 Å². The zero-order valence-corrected chi connectivity index (χ0v) is 12.9. The molecule has 3 heterocycles. The van der Waals surface area contributed by atoms with Gasteiger partial charge >= 0.3 is 0 Å². The number of hydrogen-bond acceptors (Lipinski definition) is 6. The number of methoxy groups -OCH3 is 1. The van der Waals surface area contributed by atoms with Crippen LogP contribution in [0.4, 0.5) is 5.82 Å². The normalized spacial score (nSPS) is 15.8. The van der Waals surface area contributed by atoms with Gasteiger partial charge in [0.25, 0.3) is 0 Å². The second kappa shape index (κ2) is 7.17. The molecule has 22 heavy (non-hydrogen) atoms. The smallest absolute Gasteiger partial charge is 0.218 e. The van der Waals surface area contributed by atoms with Crippen LogP contribution >= 0.6 is 0 Å². The van der Waals surface area contributed by atoms with E-state index in [1.54, 1.807) is 13.4 Å². The fourth-order valence-electron chi connectivity index (χ4n) is 2.65. The van der Waals surface area contributed by atoms with Crippen LogP contribution in [0, 0.1) is 0 Å². The van der Waals surface area contributed by atoms with Crippen molar-refractivity contribution in [2.24, 2.45) is 0 Å². The SMILES string of the molecule is COc1cc(N2CCN(CCc3cccnc3)CC2)ncn1. The van der Waals surface area contributed by atoms with Crippen molar-refractivity contribution in [1.82, 2.24) is 19.9 Å². The summed E-state index contributed by atoms with van der Waals surface area (Å²) >= 11 is 0. The Morgan fingerprint density at radius 1 is 1.18 bits per heavy atom. The van der Waals surface area contributed by atoms with Gasteiger partial charge in [-0.15, -0.1) is 0 Å². The van der Waals surface area contributed by atoms with Crippen LogP contribution in [0.5, 0.6) is 5.88 Å². The predicted molar refractivity (Wildman–Crippen MR) is 85.2 cm³/mol. The Morgan fingerprint density at radius 2 is 2.05 bits per heavy atom. The van der Waals surface area contributed by atoms with E-state index in [1.165, 1.54) is 5.56 Å². The first-order valence-corrected chi connectivity index (χ1v) is 7.57. The first kappa shape index (κ1) is 14.7. The molecule has 0 spiro atoms. The molecule has 2 aromatic heterocycles. The van der Waals surface area contributed by atoms with Gasteiger partial charge in [-0.1, -0.05) is 6.07 Å². The molecule has 2 aromatic rings. The number of anilines is 1. The number of piperazine rings is 1. The standard InChI is InChI=1S/C16H21N5O/c1-22-16-11-15(18-13-19-16)21-9-7-20(8-10-21)6-4-14-3-2-5-17-12-14/h2-3,5,11-13H,4,6-10H2,1H3. The van der Waals surface area contributed by atoms with E-state index in [2.05, 4.69) is 30.8 Å². The molecular formula is C16H21N5O. The van der Waals surface area contributed by atoms with E-state index in [1.807, 2.05) is 24.5 Å². The second-order valence-electron chi connectivity index (χ2n) is 5.36. The summed E-state index contributed by atoms with van der Waals surface area (Å²) in [7, 11) is 1.63. The fraction of sp³-hybridized carbons (Fsp3) is 0.438. The lowest BCUT2D eigenvalue weighted by atomic mass is 10.2. The molecule has 6 nitrogen and oxygen atoms in total. The molecule has 0 unspecified atom stereocenters. The van der Waals surface area contributed by atoms with Gasteiger partial charge in [0.1, 0.15) is 12.1 Å². The van der Waals surface area contributed by atoms with Crippen LogP contribution in [0.3, 0.4) is 0 Å².